The predicted molar refractivity (Wildman–Crippen MR) is 93.9 cm³/mol. The largest absolute Gasteiger partial charge is 0.444 e. The molecule has 0 aromatic heterocycles. The topological polar surface area (TPSA) is 58.6 Å². The molecule has 0 spiro atoms. The van der Waals surface area contributed by atoms with Crippen molar-refractivity contribution in [3.05, 3.63) is 34.9 Å². The van der Waals surface area contributed by atoms with Crippen LogP contribution in [-0.2, 0) is 16.1 Å². The molecule has 6 heteroatoms. The minimum Gasteiger partial charge on any atom is -0.444 e. The van der Waals surface area contributed by atoms with Gasteiger partial charge in [-0.1, -0.05) is 23.7 Å². The standard InChI is InChI=1S/C18H25ClN2O3/c1-18(2,3)24-17(23)20-11-10-16(22)21(15-8-9-15)12-13-4-6-14(19)7-5-13/h4-7,15H,8-12H2,1-3H3,(H,20,23). The fourth-order valence-electron chi connectivity index (χ4n) is 2.32. The lowest BCUT2D eigenvalue weighted by Crippen LogP contribution is -2.37. The van der Waals surface area contributed by atoms with Gasteiger partial charge >= 0.3 is 6.09 Å². The van der Waals surface area contributed by atoms with Crippen LogP contribution in [0.2, 0.25) is 5.02 Å². The highest BCUT2D eigenvalue weighted by atomic mass is 35.5. The molecule has 0 heterocycles. The van der Waals surface area contributed by atoms with Crippen LogP contribution in [0.4, 0.5) is 4.79 Å². The molecule has 0 unspecified atom stereocenters. The van der Waals surface area contributed by atoms with Crippen molar-refractivity contribution in [2.75, 3.05) is 6.54 Å². The van der Waals surface area contributed by atoms with Gasteiger partial charge in [0.25, 0.3) is 0 Å². The van der Waals surface area contributed by atoms with Crippen molar-refractivity contribution in [3.8, 4) is 0 Å². The lowest BCUT2D eigenvalue weighted by atomic mass is 10.2. The molecule has 0 saturated heterocycles. The maximum absolute atomic E-state index is 12.5. The molecule has 1 aliphatic rings. The van der Waals surface area contributed by atoms with E-state index in [0.717, 1.165) is 18.4 Å². The van der Waals surface area contributed by atoms with E-state index in [1.807, 2.05) is 29.2 Å². The van der Waals surface area contributed by atoms with Crippen LogP contribution in [0.3, 0.4) is 0 Å². The van der Waals surface area contributed by atoms with Crippen LogP contribution in [0.5, 0.6) is 0 Å². The van der Waals surface area contributed by atoms with E-state index in [-0.39, 0.29) is 18.9 Å². The molecule has 0 atom stereocenters. The highest BCUT2D eigenvalue weighted by molar-refractivity contribution is 6.30. The van der Waals surface area contributed by atoms with E-state index in [1.165, 1.54) is 0 Å². The first-order valence-corrected chi connectivity index (χ1v) is 8.63. The third-order valence-corrected chi connectivity index (χ3v) is 3.83. The van der Waals surface area contributed by atoms with Crippen molar-refractivity contribution in [1.29, 1.82) is 0 Å². The van der Waals surface area contributed by atoms with E-state index in [1.54, 1.807) is 20.8 Å². The van der Waals surface area contributed by atoms with Gasteiger partial charge < -0.3 is 15.0 Å². The number of benzene rings is 1. The van der Waals surface area contributed by atoms with Gasteiger partial charge in [-0.25, -0.2) is 4.79 Å². The summed E-state index contributed by atoms with van der Waals surface area (Å²) in [6.45, 7) is 6.26. The number of nitrogens with one attached hydrogen (secondary N) is 1. The molecule has 1 saturated carbocycles. The summed E-state index contributed by atoms with van der Waals surface area (Å²) in [5.41, 5.74) is 0.516. The number of carbonyl (C=O) groups excluding carboxylic acids is 2. The molecule has 1 aliphatic carbocycles. The fourth-order valence-corrected chi connectivity index (χ4v) is 2.45. The Morgan fingerprint density at radius 1 is 1.25 bits per heavy atom. The Hall–Kier alpha value is -1.75. The van der Waals surface area contributed by atoms with E-state index in [4.69, 9.17) is 16.3 Å². The van der Waals surface area contributed by atoms with Crippen molar-refractivity contribution in [2.45, 2.75) is 58.2 Å². The number of rotatable bonds is 6. The van der Waals surface area contributed by atoms with Gasteiger partial charge in [-0.2, -0.15) is 0 Å². The summed E-state index contributed by atoms with van der Waals surface area (Å²) in [6.07, 6.45) is 1.85. The van der Waals surface area contributed by atoms with Crippen molar-refractivity contribution in [1.82, 2.24) is 10.2 Å². The third-order valence-electron chi connectivity index (χ3n) is 3.58. The van der Waals surface area contributed by atoms with Crippen LogP contribution in [0, 0.1) is 0 Å². The number of carbonyl (C=O) groups is 2. The predicted octanol–water partition coefficient (Wildman–Crippen LogP) is 3.75. The highest BCUT2D eigenvalue weighted by Crippen LogP contribution is 2.29. The van der Waals surface area contributed by atoms with Crippen LogP contribution >= 0.6 is 11.6 Å². The minimum absolute atomic E-state index is 0.0449. The summed E-state index contributed by atoms with van der Waals surface area (Å²) in [5, 5.41) is 3.31. The van der Waals surface area contributed by atoms with Crippen molar-refractivity contribution < 1.29 is 14.3 Å². The number of nitrogens with zero attached hydrogens (tertiary/aromatic N) is 1. The summed E-state index contributed by atoms with van der Waals surface area (Å²) in [7, 11) is 0. The number of amides is 2. The van der Waals surface area contributed by atoms with Crippen LogP contribution < -0.4 is 5.32 Å². The van der Waals surface area contributed by atoms with Crippen molar-refractivity contribution in [3.63, 3.8) is 0 Å². The third kappa shape index (κ3) is 6.40. The summed E-state index contributed by atoms with van der Waals surface area (Å²) in [4.78, 5) is 26.0. The van der Waals surface area contributed by atoms with E-state index in [2.05, 4.69) is 5.32 Å². The molecule has 2 rings (SSSR count). The van der Waals surface area contributed by atoms with Gasteiger partial charge in [0.2, 0.25) is 5.91 Å². The monoisotopic (exact) mass is 352 g/mol. The molecule has 1 aromatic carbocycles. The minimum atomic E-state index is -0.539. The Kier molecular flexibility index (Phi) is 6.10. The second-order valence-corrected chi connectivity index (χ2v) is 7.49. The Balaban J connectivity index is 1.82. The summed E-state index contributed by atoms with van der Waals surface area (Å²) < 4.78 is 5.16. The fraction of sp³-hybridized carbons (Fsp3) is 0.556. The first-order valence-electron chi connectivity index (χ1n) is 8.25. The molecule has 1 aromatic rings. The molecule has 2 amide bonds. The molecular weight excluding hydrogens is 328 g/mol. The zero-order chi connectivity index (χ0) is 17.7. The number of hydrogen-bond acceptors (Lipinski definition) is 3. The van der Waals surface area contributed by atoms with Crippen LogP contribution in [0.25, 0.3) is 0 Å². The molecule has 24 heavy (non-hydrogen) atoms. The molecule has 0 bridgehead atoms. The smallest absolute Gasteiger partial charge is 0.407 e. The zero-order valence-electron chi connectivity index (χ0n) is 14.5. The van der Waals surface area contributed by atoms with Crippen molar-refractivity contribution >= 4 is 23.6 Å². The summed E-state index contributed by atoms with van der Waals surface area (Å²) in [6, 6.07) is 7.84. The molecule has 5 nitrogen and oxygen atoms in total. The maximum atomic E-state index is 12.5. The van der Waals surface area contributed by atoms with Gasteiger partial charge in [0.15, 0.2) is 0 Å². The molecule has 1 fully saturated rings. The normalized spacial score (nSPS) is 14.2. The number of alkyl carbamates (subject to hydrolysis) is 1. The second-order valence-electron chi connectivity index (χ2n) is 7.06. The second kappa shape index (κ2) is 7.88. The maximum Gasteiger partial charge on any atom is 0.407 e. The highest BCUT2D eigenvalue weighted by Gasteiger charge is 2.32. The van der Waals surface area contributed by atoms with Crippen molar-refractivity contribution in [2.24, 2.45) is 0 Å². The van der Waals surface area contributed by atoms with E-state index in [0.29, 0.717) is 17.6 Å². The average Bonchev–Trinajstić information content (AvgIpc) is 3.29. The Labute approximate surface area is 148 Å². The zero-order valence-corrected chi connectivity index (χ0v) is 15.2. The Bertz CT molecular complexity index is 577. The van der Waals surface area contributed by atoms with Gasteiger partial charge in [0.05, 0.1) is 0 Å². The van der Waals surface area contributed by atoms with Crippen LogP contribution in [0.1, 0.15) is 45.6 Å². The Morgan fingerprint density at radius 3 is 2.42 bits per heavy atom. The SMILES string of the molecule is CC(C)(C)OC(=O)NCCC(=O)N(Cc1ccc(Cl)cc1)C1CC1. The van der Waals surface area contributed by atoms with Gasteiger partial charge in [-0.15, -0.1) is 0 Å². The molecule has 132 valence electrons. The lowest BCUT2D eigenvalue weighted by Gasteiger charge is -2.23. The first-order chi connectivity index (χ1) is 11.2. The van der Waals surface area contributed by atoms with Gasteiger partial charge in [-0.05, 0) is 51.3 Å². The summed E-state index contributed by atoms with van der Waals surface area (Å²) in [5.74, 6) is 0.0449. The Morgan fingerprint density at radius 2 is 1.88 bits per heavy atom. The van der Waals surface area contributed by atoms with E-state index >= 15 is 0 Å². The van der Waals surface area contributed by atoms with E-state index in [9.17, 15) is 9.59 Å². The molecule has 1 N–H and O–H groups in total. The number of halogens is 1. The van der Waals surface area contributed by atoms with Gasteiger partial charge in [0, 0.05) is 30.6 Å². The number of hydrogen-bond donors (Lipinski definition) is 1. The van der Waals surface area contributed by atoms with E-state index < -0.39 is 11.7 Å². The molecular formula is C18H25ClN2O3. The van der Waals surface area contributed by atoms with Crippen LogP contribution in [-0.4, -0.2) is 35.1 Å². The molecule has 0 aliphatic heterocycles. The average molecular weight is 353 g/mol. The van der Waals surface area contributed by atoms with Gasteiger partial charge in [-0.3, -0.25) is 4.79 Å². The molecule has 0 radical (unpaired) electrons. The summed E-state index contributed by atoms with van der Waals surface area (Å²) >= 11 is 5.90. The number of ether oxygens (including phenoxy) is 1. The first kappa shape index (κ1) is 18.6. The quantitative estimate of drug-likeness (QED) is 0.848. The lowest BCUT2D eigenvalue weighted by molar-refractivity contribution is -0.132. The van der Waals surface area contributed by atoms with Crippen LogP contribution in [0.15, 0.2) is 24.3 Å². The van der Waals surface area contributed by atoms with Gasteiger partial charge in [0.1, 0.15) is 5.60 Å².